The molecule has 25 heavy (non-hydrogen) atoms. The van der Waals surface area contributed by atoms with E-state index in [1.807, 2.05) is 35.0 Å². The van der Waals surface area contributed by atoms with Crippen molar-refractivity contribution in [3.05, 3.63) is 36.2 Å². The Morgan fingerprint density at radius 3 is 2.88 bits per heavy atom. The molecule has 1 aliphatic carbocycles. The third-order valence-electron chi connectivity index (χ3n) is 4.11. The van der Waals surface area contributed by atoms with Gasteiger partial charge in [0.05, 0.1) is 12.8 Å². The first-order chi connectivity index (χ1) is 12.2. The maximum absolute atomic E-state index is 11.5. The summed E-state index contributed by atoms with van der Waals surface area (Å²) in [5.74, 6) is 1.72. The van der Waals surface area contributed by atoms with E-state index in [0.717, 1.165) is 29.5 Å². The second-order valence-electron chi connectivity index (χ2n) is 6.05. The average molecular weight is 358 g/mol. The predicted molar refractivity (Wildman–Crippen MR) is 93.0 cm³/mol. The molecule has 0 amide bonds. The van der Waals surface area contributed by atoms with E-state index in [9.17, 15) is 4.79 Å². The molecular formula is C17H18N4O3S. The predicted octanol–water partition coefficient (Wildman–Crippen LogP) is 2.55. The topological polar surface area (TPSA) is 78.6 Å². The molecule has 1 fully saturated rings. The summed E-state index contributed by atoms with van der Waals surface area (Å²) in [7, 11) is 1.34. The lowest BCUT2D eigenvalue weighted by atomic mass is 10.2. The summed E-state index contributed by atoms with van der Waals surface area (Å²) >= 11 is 1.52. The van der Waals surface area contributed by atoms with Gasteiger partial charge in [-0.2, -0.15) is 0 Å². The fourth-order valence-electron chi connectivity index (χ4n) is 2.65. The van der Waals surface area contributed by atoms with Gasteiger partial charge < -0.3 is 9.57 Å². The number of hydrogen-bond donors (Lipinski definition) is 0. The van der Waals surface area contributed by atoms with Crippen molar-refractivity contribution in [2.45, 2.75) is 36.4 Å². The van der Waals surface area contributed by atoms with Crippen molar-refractivity contribution in [3.63, 3.8) is 0 Å². The molecule has 0 bridgehead atoms. The third-order valence-corrected chi connectivity index (χ3v) is 5.08. The number of nitrogens with zero attached hydrogens (tertiary/aromatic N) is 4. The van der Waals surface area contributed by atoms with Gasteiger partial charge >= 0.3 is 5.97 Å². The van der Waals surface area contributed by atoms with E-state index in [0.29, 0.717) is 23.8 Å². The van der Waals surface area contributed by atoms with Crippen LogP contribution in [0.15, 0.2) is 40.6 Å². The van der Waals surface area contributed by atoms with E-state index in [4.69, 9.17) is 9.82 Å². The Bertz CT molecular complexity index is 801. The van der Waals surface area contributed by atoms with E-state index in [2.05, 4.69) is 15.0 Å². The normalized spacial score (nSPS) is 19.4. The van der Waals surface area contributed by atoms with Crippen LogP contribution < -0.4 is 0 Å². The number of oxime groups is 1. The summed E-state index contributed by atoms with van der Waals surface area (Å²) in [6, 6.07) is 10.1. The highest BCUT2D eigenvalue weighted by Gasteiger charge is 2.31. The Labute approximate surface area is 149 Å². The molecule has 4 rings (SSSR count). The molecule has 1 aromatic carbocycles. The van der Waals surface area contributed by atoms with Crippen LogP contribution in [0.5, 0.6) is 0 Å². The van der Waals surface area contributed by atoms with E-state index in [1.54, 1.807) is 0 Å². The highest BCUT2D eigenvalue weighted by molar-refractivity contribution is 7.99. The highest BCUT2D eigenvalue weighted by Crippen LogP contribution is 2.40. The molecule has 0 N–H and O–H groups in total. The van der Waals surface area contributed by atoms with Gasteiger partial charge in [0.2, 0.25) is 5.16 Å². The fourth-order valence-corrected chi connectivity index (χ4v) is 3.47. The van der Waals surface area contributed by atoms with Crippen molar-refractivity contribution in [2.75, 3.05) is 12.9 Å². The van der Waals surface area contributed by atoms with Crippen molar-refractivity contribution in [3.8, 4) is 5.69 Å². The van der Waals surface area contributed by atoms with Crippen LogP contribution in [-0.2, 0) is 14.4 Å². The number of benzene rings is 1. The van der Waals surface area contributed by atoms with Crippen molar-refractivity contribution >= 4 is 23.4 Å². The van der Waals surface area contributed by atoms with Gasteiger partial charge in [-0.15, -0.1) is 5.10 Å². The van der Waals surface area contributed by atoms with Crippen LogP contribution in [0, 0.1) is 0 Å². The molecule has 2 aliphatic rings. The highest BCUT2D eigenvalue weighted by atomic mass is 32.2. The van der Waals surface area contributed by atoms with Crippen molar-refractivity contribution < 1.29 is 14.4 Å². The van der Waals surface area contributed by atoms with Crippen LogP contribution in [0.3, 0.4) is 0 Å². The summed E-state index contributed by atoms with van der Waals surface area (Å²) < 4.78 is 6.60. The van der Waals surface area contributed by atoms with Crippen LogP contribution in [0.2, 0.25) is 0 Å². The summed E-state index contributed by atoms with van der Waals surface area (Å²) in [6.07, 6.45) is 2.62. The molecule has 0 unspecified atom stereocenters. The number of carbonyl (C=O) groups excluding carboxylic acids is 1. The molecule has 1 saturated carbocycles. The first kappa shape index (κ1) is 16.1. The van der Waals surface area contributed by atoms with Gasteiger partial charge in [-0.25, -0.2) is 14.5 Å². The minimum absolute atomic E-state index is 0.160. The number of esters is 1. The van der Waals surface area contributed by atoms with E-state index in [1.165, 1.54) is 18.9 Å². The average Bonchev–Trinajstić information content (AvgIpc) is 3.23. The Hall–Kier alpha value is -2.35. The molecule has 7 nitrogen and oxygen atoms in total. The molecule has 1 aliphatic heterocycles. The van der Waals surface area contributed by atoms with Crippen molar-refractivity contribution in [2.24, 2.45) is 5.16 Å². The third kappa shape index (κ3) is 3.53. The first-order valence-electron chi connectivity index (χ1n) is 8.21. The zero-order valence-electron chi connectivity index (χ0n) is 13.8. The second-order valence-corrected chi connectivity index (χ2v) is 7.03. The van der Waals surface area contributed by atoms with Gasteiger partial charge in [0.1, 0.15) is 11.9 Å². The van der Waals surface area contributed by atoms with Crippen molar-refractivity contribution in [1.82, 2.24) is 14.8 Å². The maximum atomic E-state index is 11.5. The lowest BCUT2D eigenvalue weighted by molar-refractivity contribution is -0.132. The number of hydrogen-bond acceptors (Lipinski definition) is 7. The number of para-hydroxylation sites is 1. The molecule has 130 valence electrons. The smallest absolute Gasteiger partial charge is 0.355 e. The number of thioether (sulfide) groups is 1. The molecule has 1 aromatic heterocycles. The summed E-state index contributed by atoms with van der Waals surface area (Å²) in [6.45, 7) is 0. The number of ether oxygens (including phenoxy) is 1. The largest absolute Gasteiger partial charge is 0.464 e. The Morgan fingerprint density at radius 2 is 2.16 bits per heavy atom. The summed E-state index contributed by atoms with van der Waals surface area (Å²) in [4.78, 5) is 21.5. The quantitative estimate of drug-likeness (QED) is 0.583. The zero-order chi connectivity index (χ0) is 17.2. The Balaban J connectivity index is 1.43. The van der Waals surface area contributed by atoms with Crippen LogP contribution in [0.4, 0.5) is 0 Å². The van der Waals surface area contributed by atoms with Crippen LogP contribution in [0.25, 0.3) is 5.69 Å². The minimum atomic E-state index is -0.435. The molecule has 1 atom stereocenters. The number of rotatable bonds is 6. The second kappa shape index (κ2) is 6.87. The van der Waals surface area contributed by atoms with Crippen molar-refractivity contribution in [1.29, 1.82) is 0 Å². The van der Waals surface area contributed by atoms with E-state index < -0.39 is 5.97 Å². The van der Waals surface area contributed by atoms with Gasteiger partial charge in [-0.3, -0.25) is 0 Å². The van der Waals surface area contributed by atoms with E-state index >= 15 is 0 Å². The molecule has 2 heterocycles. The first-order valence-corrected chi connectivity index (χ1v) is 9.19. The monoisotopic (exact) mass is 358 g/mol. The number of aromatic nitrogens is 3. The van der Waals surface area contributed by atoms with Gasteiger partial charge in [0.15, 0.2) is 5.71 Å². The van der Waals surface area contributed by atoms with Crippen LogP contribution >= 0.6 is 11.8 Å². The molecule has 8 heteroatoms. The summed E-state index contributed by atoms with van der Waals surface area (Å²) in [5, 5.41) is 9.17. The molecule has 2 aromatic rings. The van der Waals surface area contributed by atoms with E-state index in [-0.39, 0.29) is 6.10 Å². The van der Waals surface area contributed by atoms with Gasteiger partial charge in [-0.1, -0.05) is 35.1 Å². The van der Waals surface area contributed by atoms with Gasteiger partial charge in [0.25, 0.3) is 0 Å². The molecule has 0 radical (unpaired) electrons. The fraction of sp³-hybridized carbons (Fsp3) is 0.412. The number of carbonyl (C=O) groups is 1. The van der Waals surface area contributed by atoms with Crippen LogP contribution in [-0.4, -0.2) is 45.4 Å². The molecule has 0 spiro atoms. The molecule has 0 saturated heterocycles. The zero-order valence-corrected chi connectivity index (χ0v) is 14.6. The standard InChI is InChI=1S/C17H18N4O3S/c1-23-16(22)14-9-13(24-20-14)10-25-17-18-15(11-7-8-11)21(19-17)12-5-3-2-4-6-12/h2-6,11,13H,7-10H2,1H3/t13-/m1/s1. The lowest BCUT2D eigenvalue weighted by Crippen LogP contribution is -2.17. The lowest BCUT2D eigenvalue weighted by Gasteiger charge is -2.05. The Kier molecular flexibility index (Phi) is 4.44. The molecular weight excluding hydrogens is 340 g/mol. The summed E-state index contributed by atoms with van der Waals surface area (Å²) in [5.41, 5.74) is 1.35. The maximum Gasteiger partial charge on any atom is 0.355 e. The van der Waals surface area contributed by atoms with Crippen LogP contribution in [0.1, 0.15) is 31.0 Å². The van der Waals surface area contributed by atoms with Gasteiger partial charge in [0, 0.05) is 18.1 Å². The Morgan fingerprint density at radius 1 is 1.36 bits per heavy atom. The van der Waals surface area contributed by atoms with Gasteiger partial charge in [-0.05, 0) is 25.0 Å². The minimum Gasteiger partial charge on any atom is -0.464 e. The SMILES string of the molecule is COC(=O)C1=NO[C@@H](CSc2nc(C3CC3)n(-c3ccccc3)n2)C1. The number of methoxy groups -OCH3 is 1.